The largest absolute Gasteiger partial charge is 0.405 e. The van der Waals surface area contributed by atoms with Crippen LogP contribution in [0.25, 0.3) is 0 Å². The van der Waals surface area contributed by atoms with Crippen molar-refractivity contribution in [3.05, 3.63) is 70.3 Å². The topological polar surface area (TPSA) is 55.6 Å². The predicted molar refractivity (Wildman–Crippen MR) is 80.8 cm³/mol. The van der Waals surface area contributed by atoms with E-state index in [0.29, 0.717) is 12.3 Å². The summed E-state index contributed by atoms with van der Waals surface area (Å²) in [6.45, 7) is 4.72. The third-order valence-corrected chi connectivity index (χ3v) is 3.03. The second-order valence-corrected chi connectivity index (χ2v) is 5.00. The lowest BCUT2D eigenvalue weighted by molar-refractivity contribution is -0.384. The molecule has 0 aliphatic rings. The van der Waals surface area contributed by atoms with E-state index in [2.05, 4.69) is 0 Å². The summed E-state index contributed by atoms with van der Waals surface area (Å²) < 4.78 is 0. The van der Waals surface area contributed by atoms with Gasteiger partial charge in [-0.05, 0) is 31.5 Å². The monoisotopic (exact) mass is 286 g/mol. The van der Waals surface area contributed by atoms with Gasteiger partial charge in [-0.15, -0.1) is 5.06 Å². The molecule has 0 saturated carbocycles. The molecule has 0 bridgehead atoms. The molecule has 2 aromatic rings. The van der Waals surface area contributed by atoms with Gasteiger partial charge in [0.25, 0.3) is 5.69 Å². The zero-order valence-corrected chi connectivity index (χ0v) is 12.1. The Balaban J connectivity index is 2.07. The maximum absolute atomic E-state index is 10.6. The van der Waals surface area contributed by atoms with Crippen molar-refractivity contribution in [3.63, 3.8) is 0 Å². The molecule has 0 spiro atoms. The van der Waals surface area contributed by atoms with Crippen molar-refractivity contribution >= 4 is 5.69 Å². The molecule has 2 aromatic carbocycles. The van der Waals surface area contributed by atoms with Gasteiger partial charge in [0.1, 0.15) is 5.75 Å². The fraction of sp³-hybridized carbons (Fsp3) is 0.250. The number of hydroxylamine groups is 2. The first-order valence-corrected chi connectivity index (χ1v) is 6.79. The van der Waals surface area contributed by atoms with Gasteiger partial charge < -0.3 is 4.84 Å². The number of hydrogen-bond acceptors (Lipinski definition) is 4. The summed E-state index contributed by atoms with van der Waals surface area (Å²) in [4.78, 5) is 16.0. The minimum absolute atomic E-state index is 0.0570. The van der Waals surface area contributed by atoms with Gasteiger partial charge in [-0.1, -0.05) is 30.3 Å². The van der Waals surface area contributed by atoms with Crippen LogP contribution in [0.5, 0.6) is 5.75 Å². The fourth-order valence-corrected chi connectivity index (χ4v) is 1.85. The van der Waals surface area contributed by atoms with E-state index in [1.165, 1.54) is 12.1 Å². The molecule has 0 heterocycles. The first kappa shape index (κ1) is 15.0. The van der Waals surface area contributed by atoms with Crippen molar-refractivity contribution in [2.75, 3.05) is 0 Å². The van der Waals surface area contributed by atoms with Gasteiger partial charge in [-0.3, -0.25) is 10.1 Å². The van der Waals surface area contributed by atoms with E-state index in [-0.39, 0.29) is 11.7 Å². The maximum atomic E-state index is 10.6. The van der Waals surface area contributed by atoms with Crippen LogP contribution in [0.4, 0.5) is 5.69 Å². The molecule has 21 heavy (non-hydrogen) atoms. The minimum Gasteiger partial charge on any atom is -0.405 e. The minimum atomic E-state index is -0.423. The summed E-state index contributed by atoms with van der Waals surface area (Å²) in [5.74, 6) is 0.588. The number of rotatable bonds is 6. The Morgan fingerprint density at radius 2 is 1.71 bits per heavy atom. The Kier molecular flexibility index (Phi) is 4.90. The average Bonchev–Trinajstić information content (AvgIpc) is 2.48. The van der Waals surface area contributed by atoms with Gasteiger partial charge in [0.15, 0.2) is 0 Å². The van der Waals surface area contributed by atoms with E-state index in [0.717, 1.165) is 5.56 Å². The molecule has 110 valence electrons. The summed E-state index contributed by atoms with van der Waals surface area (Å²) in [6.07, 6.45) is 0. The molecule has 0 aliphatic heterocycles. The van der Waals surface area contributed by atoms with Crippen molar-refractivity contribution in [3.8, 4) is 5.75 Å². The molecule has 0 aliphatic carbocycles. The van der Waals surface area contributed by atoms with Gasteiger partial charge in [-0.2, -0.15) is 0 Å². The molecule has 0 saturated heterocycles. The first-order valence-electron chi connectivity index (χ1n) is 6.79. The molecule has 5 heteroatoms. The lowest BCUT2D eigenvalue weighted by Gasteiger charge is -2.26. The van der Waals surface area contributed by atoms with Gasteiger partial charge in [0, 0.05) is 18.2 Å². The Labute approximate surface area is 123 Å². The summed E-state index contributed by atoms with van der Waals surface area (Å²) >= 11 is 0. The Hall–Kier alpha value is -2.40. The van der Waals surface area contributed by atoms with Gasteiger partial charge in [0.05, 0.1) is 11.5 Å². The van der Waals surface area contributed by atoms with Crippen LogP contribution in [-0.4, -0.2) is 16.0 Å². The van der Waals surface area contributed by atoms with Gasteiger partial charge >= 0.3 is 0 Å². The van der Waals surface area contributed by atoms with Crippen LogP contribution in [-0.2, 0) is 6.54 Å². The predicted octanol–water partition coefficient (Wildman–Crippen LogP) is 3.80. The van der Waals surface area contributed by atoms with E-state index < -0.39 is 4.92 Å². The van der Waals surface area contributed by atoms with Gasteiger partial charge in [0.2, 0.25) is 0 Å². The standard InChI is InChI=1S/C16H18N2O3/c1-13(2)17(12-14-6-4-3-5-7-14)21-16-10-8-15(9-11-16)18(19)20/h3-11,13H,12H2,1-2H3. The smallest absolute Gasteiger partial charge is 0.269 e. The van der Waals surface area contributed by atoms with Crippen molar-refractivity contribution in [2.45, 2.75) is 26.4 Å². The Morgan fingerprint density at radius 3 is 2.24 bits per heavy atom. The molecule has 2 rings (SSSR count). The van der Waals surface area contributed by atoms with E-state index in [1.54, 1.807) is 12.1 Å². The zero-order chi connectivity index (χ0) is 15.2. The number of benzene rings is 2. The Bertz CT molecular complexity index is 582. The number of hydrogen-bond donors (Lipinski definition) is 0. The zero-order valence-electron chi connectivity index (χ0n) is 12.1. The van der Waals surface area contributed by atoms with E-state index in [1.807, 2.05) is 49.2 Å². The molecular weight excluding hydrogens is 268 g/mol. The molecule has 0 N–H and O–H groups in total. The molecule has 0 amide bonds. The van der Waals surface area contributed by atoms with E-state index in [9.17, 15) is 10.1 Å². The molecule has 0 aromatic heterocycles. The van der Waals surface area contributed by atoms with Crippen LogP contribution in [0.3, 0.4) is 0 Å². The lowest BCUT2D eigenvalue weighted by atomic mass is 10.2. The second kappa shape index (κ2) is 6.85. The number of nitro groups is 1. The van der Waals surface area contributed by atoms with Crippen LogP contribution >= 0.6 is 0 Å². The van der Waals surface area contributed by atoms with Gasteiger partial charge in [-0.25, -0.2) is 0 Å². The number of non-ortho nitro benzene ring substituents is 1. The van der Waals surface area contributed by atoms with E-state index >= 15 is 0 Å². The molecule has 0 atom stereocenters. The van der Waals surface area contributed by atoms with Crippen molar-refractivity contribution in [2.24, 2.45) is 0 Å². The third-order valence-electron chi connectivity index (χ3n) is 3.03. The van der Waals surface area contributed by atoms with Crippen molar-refractivity contribution in [1.82, 2.24) is 5.06 Å². The number of nitro benzene ring substituents is 1. The van der Waals surface area contributed by atoms with Crippen molar-refractivity contribution < 1.29 is 9.76 Å². The maximum Gasteiger partial charge on any atom is 0.269 e. The van der Waals surface area contributed by atoms with Crippen LogP contribution in [0.1, 0.15) is 19.4 Å². The molecular formula is C16H18N2O3. The van der Waals surface area contributed by atoms with Crippen LogP contribution in [0, 0.1) is 10.1 Å². The Morgan fingerprint density at radius 1 is 1.10 bits per heavy atom. The van der Waals surface area contributed by atoms with Crippen LogP contribution in [0.15, 0.2) is 54.6 Å². The van der Waals surface area contributed by atoms with Crippen LogP contribution < -0.4 is 4.84 Å². The molecule has 0 radical (unpaired) electrons. The summed E-state index contributed by atoms with van der Waals surface area (Å²) in [5.41, 5.74) is 1.20. The average molecular weight is 286 g/mol. The molecule has 0 unspecified atom stereocenters. The highest BCUT2D eigenvalue weighted by atomic mass is 16.7. The lowest BCUT2D eigenvalue weighted by Crippen LogP contribution is -2.33. The summed E-state index contributed by atoms with van der Waals surface area (Å²) in [7, 11) is 0. The summed E-state index contributed by atoms with van der Waals surface area (Å²) in [5, 5.41) is 12.5. The fourth-order valence-electron chi connectivity index (χ4n) is 1.85. The highest BCUT2D eigenvalue weighted by molar-refractivity contribution is 5.35. The third kappa shape index (κ3) is 4.29. The summed E-state index contributed by atoms with van der Waals surface area (Å²) in [6, 6.07) is 16.3. The normalized spacial score (nSPS) is 10.9. The van der Waals surface area contributed by atoms with Crippen molar-refractivity contribution in [1.29, 1.82) is 0 Å². The highest BCUT2D eigenvalue weighted by Gasteiger charge is 2.13. The quantitative estimate of drug-likeness (QED) is 0.598. The number of nitrogens with zero attached hydrogens (tertiary/aromatic N) is 2. The first-order chi connectivity index (χ1) is 10.1. The van der Waals surface area contributed by atoms with E-state index in [4.69, 9.17) is 4.84 Å². The molecule has 5 nitrogen and oxygen atoms in total. The second-order valence-electron chi connectivity index (χ2n) is 5.00. The molecule has 0 fully saturated rings. The van der Waals surface area contributed by atoms with Crippen LogP contribution in [0.2, 0.25) is 0 Å². The highest BCUT2D eigenvalue weighted by Crippen LogP contribution is 2.20. The SMILES string of the molecule is CC(C)N(Cc1ccccc1)Oc1ccc([N+](=O)[O-])cc1.